The van der Waals surface area contributed by atoms with Crippen LogP contribution in [0.2, 0.25) is 0 Å². The topological polar surface area (TPSA) is 12.0 Å². The molecule has 20 heavy (non-hydrogen) atoms. The summed E-state index contributed by atoms with van der Waals surface area (Å²) in [6, 6.07) is 9.20. The number of hydrogen-bond donors (Lipinski definition) is 1. The first kappa shape index (κ1) is 15.6. The molecule has 106 valence electrons. The molecule has 2 aromatic rings. The van der Waals surface area contributed by atoms with E-state index in [1.165, 1.54) is 24.3 Å². The average molecular weight is 405 g/mol. The monoisotopic (exact) mass is 403 g/mol. The van der Waals surface area contributed by atoms with Crippen LogP contribution in [0.25, 0.3) is 0 Å². The number of hydrogen-bond acceptors (Lipinski definition) is 1. The molecule has 1 N–H and O–H groups in total. The van der Waals surface area contributed by atoms with Gasteiger partial charge in [0.25, 0.3) is 0 Å². The Balaban J connectivity index is 2.08. The van der Waals surface area contributed by atoms with Crippen molar-refractivity contribution < 1.29 is 8.78 Å². The lowest BCUT2D eigenvalue weighted by Crippen LogP contribution is -2.19. The van der Waals surface area contributed by atoms with E-state index in [0.29, 0.717) is 6.54 Å². The lowest BCUT2D eigenvalue weighted by Gasteiger charge is -2.16. The van der Waals surface area contributed by atoms with Crippen LogP contribution < -0.4 is 5.32 Å². The largest absolute Gasteiger partial charge is 0.306 e. The van der Waals surface area contributed by atoms with Crippen LogP contribution in [-0.4, -0.2) is 0 Å². The van der Waals surface area contributed by atoms with Gasteiger partial charge in [0, 0.05) is 21.5 Å². The highest BCUT2D eigenvalue weighted by Crippen LogP contribution is 2.25. The summed E-state index contributed by atoms with van der Waals surface area (Å²) in [6.45, 7) is 2.49. The Bertz CT molecular complexity index is 617. The van der Waals surface area contributed by atoms with E-state index in [4.69, 9.17) is 0 Å². The molecule has 0 aromatic heterocycles. The van der Waals surface area contributed by atoms with Crippen molar-refractivity contribution >= 4 is 31.9 Å². The molecule has 0 aliphatic carbocycles. The summed E-state index contributed by atoms with van der Waals surface area (Å²) in [5.74, 6) is -0.540. The van der Waals surface area contributed by atoms with Crippen molar-refractivity contribution in [2.45, 2.75) is 19.5 Å². The van der Waals surface area contributed by atoms with E-state index in [-0.39, 0.29) is 17.7 Å². The van der Waals surface area contributed by atoms with E-state index < -0.39 is 0 Å². The zero-order valence-electron chi connectivity index (χ0n) is 10.8. The standard InChI is InChI=1S/C15H13Br2F2N/c1-9(13-4-2-12(19)7-15(13)17)20-8-10-6-11(18)3-5-14(10)16/h2-7,9,20H,8H2,1H3. The van der Waals surface area contributed by atoms with Crippen molar-refractivity contribution in [1.82, 2.24) is 5.32 Å². The van der Waals surface area contributed by atoms with Gasteiger partial charge in [-0.2, -0.15) is 0 Å². The number of halogens is 4. The van der Waals surface area contributed by atoms with Crippen molar-refractivity contribution in [3.63, 3.8) is 0 Å². The minimum absolute atomic E-state index is 0.0140. The first-order valence-corrected chi connectivity index (χ1v) is 7.68. The van der Waals surface area contributed by atoms with Gasteiger partial charge in [-0.05, 0) is 48.4 Å². The van der Waals surface area contributed by atoms with Crippen LogP contribution in [0.1, 0.15) is 24.1 Å². The minimum atomic E-state index is -0.277. The van der Waals surface area contributed by atoms with Crippen LogP contribution in [-0.2, 0) is 6.54 Å². The fourth-order valence-corrected chi connectivity index (χ4v) is 2.99. The summed E-state index contributed by atoms with van der Waals surface area (Å²) in [4.78, 5) is 0. The Morgan fingerprint density at radius 3 is 2.35 bits per heavy atom. The van der Waals surface area contributed by atoms with Crippen LogP contribution >= 0.6 is 31.9 Å². The number of nitrogens with one attached hydrogen (secondary N) is 1. The first-order chi connectivity index (χ1) is 9.47. The molecule has 0 spiro atoms. The van der Waals surface area contributed by atoms with E-state index in [0.717, 1.165) is 20.1 Å². The van der Waals surface area contributed by atoms with Gasteiger partial charge < -0.3 is 5.32 Å². The zero-order valence-corrected chi connectivity index (χ0v) is 13.9. The van der Waals surface area contributed by atoms with Gasteiger partial charge in [0.05, 0.1) is 0 Å². The molecule has 0 aliphatic rings. The lowest BCUT2D eigenvalue weighted by molar-refractivity contribution is 0.563. The average Bonchev–Trinajstić information content (AvgIpc) is 2.39. The van der Waals surface area contributed by atoms with Crippen LogP contribution in [0.5, 0.6) is 0 Å². The van der Waals surface area contributed by atoms with Crippen LogP contribution in [0.4, 0.5) is 8.78 Å². The summed E-state index contributed by atoms with van der Waals surface area (Å²) < 4.78 is 27.8. The summed E-state index contributed by atoms with van der Waals surface area (Å²) in [7, 11) is 0. The van der Waals surface area contributed by atoms with Gasteiger partial charge >= 0.3 is 0 Å². The van der Waals surface area contributed by atoms with Crippen molar-refractivity contribution in [3.8, 4) is 0 Å². The quantitative estimate of drug-likeness (QED) is 0.725. The fraction of sp³-hybridized carbons (Fsp3) is 0.200. The molecule has 0 saturated heterocycles. The molecule has 0 fully saturated rings. The fourth-order valence-electron chi connectivity index (χ4n) is 1.90. The Morgan fingerprint density at radius 2 is 1.65 bits per heavy atom. The normalized spacial score (nSPS) is 12.4. The van der Waals surface area contributed by atoms with E-state index >= 15 is 0 Å². The van der Waals surface area contributed by atoms with Crippen LogP contribution in [0, 0.1) is 11.6 Å². The third-order valence-corrected chi connectivity index (χ3v) is 4.50. The molecule has 0 radical (unpaired) electrons. The second-order valence-corrected chi connectivity index (χ2v) is 6.21. The van der Waals surface area contributed by atoms with E-state index in [2.05, 4.69) is 37.2 Å². The Labute approximate surface area is 133 Å². The molecule has 1 unspecified atom stereocenters. The minimum Gasteiger partial charge on any atom is -0.306 e. The van der Waals surface area contributed by atoms with E-state index in [9.17, 15) is 8.78 Å². The van der Waals surface area contributed by atoms with Gasteiger partial charge in [0.2, 0.25) is 0 Å². The summed E-state index contributed by atoms with van der Waals surface area (Å²) in [6.07, 6.45) is 0. The molecular weight excluding hydrogens is 392 g/mol. The second kappa shape index (κ2) is 6.78. The van der Waals surface area contributed by atoms with Crippen molar-refractivity contribution in [2.75, 3.05) is 0 Å². The van der Waals surface area contributed by atoms with Gasteiger partial charge in [-0.3, -0.25) is 0 Å². The van der Waals surface area contributed by atoms with E-state index in [1.54, 1.807) is 12.1 Å². The third-order valence-electron chi connectivity index (χ3n) is 3.04. The Kier molecular flexibility index (Phi) is 5.29. The molecule has 2 rings (SSSR count). The lowest BCUT2D eigenvalue weighted by atomic mass is 10.1. The van der Waals surface area contributed by atoms with Crippen molar-refractivity contribution in [2.24, 2.45) is 0 Å². The van der Waals surface area contributed by atoms with Crippen LogP contribution in [0.3, 0.4) is 0 Å². The second-order valence-electron chi connectivity index (χ2n) is 4.50. The number of benzene rings is 2. The van der Waals surface area contributed by atoms with Gasteiger partial charge in [0.1, 0.15) is 11.6 Å². The molecule has 0 saturated carbocycles. The molecular formula is C15H13Br2F2N. The van der Waals surface area contributed by atoms with Crippen molar-refractivity contribution in [1.29, 1.82) is 0 Å². The molecule has 5 heteroatoms. The predicted octanol–water partition coefficient (Wildman–Crippen LogP) is 5.34. The maximum absolute atomic E-state index is 13.2. The molecule has 2 aromatic carbocycles. The molecule has 0 amide bonds. The summed E-state index contributed by atoms with van der Waals surface area (Å²) >= 11 is 6.75. The van der Waals surface area contributed by atoms with Crippen molar-refractivity contribution in [3.05, 3.63) is 68.1 Å². The van der Waals surface area contributed by atoms with Gasteiger partial charge in [-0.1, -0.05) is 37.9 Å². The highest BCUT2D eigenvalue weighted by Gasteiger charge is 2.10. The van der Waals surface area contributed by atoms with Gasteiger partial charge in [0.15, 0.2) is 0 Å². The SMILES string of the molecule is CC(NCc1cc(F)ccc1Br)c1ccc(F)cc1Br. The maximum Gasteiger partial charge on any atom is 0.124 e. The highest BCUT2D eigenvalue weighted by atomic mass is 79.9. The van der Waals surface area contributed by atoms with Gasteiger partial charge in [-0.15, -0.1) is 0 Å². The van der Waals surface area contributed by atoms with E-state index in [1.807, 2.05) is 6.92 Å². The third kappa shape index (κ3) is 3.87. The summed E-state index contributed by atoms with van der Waals surface area (Å²) in [5.41, 5.74) is 1.80. The van der Waals surface area contributed by atoms with Crippen LogP contribution in [0.15, 0.2) is 45.3 Å². The predicted molar refractivity (Wildman–Crippen MR) is 83.5 cm³/mol. The molecule has 1 atom stereocenters. The Hall–Kier alpha value is -0.780. The number of rotatable bonds is 4. The molecule has 0 aliphatic heterocycles. The zero-order chi connectivity index (χ0) is 14.7. The molecule has 0 bridgehead atoms. The molecule has 1 nitrogen and oxygen atoms in total. The maximum atomic E-state index is 13.2. The Morgan fingerprint density at radius 1 is 1.00 bits per heavy atom. The summed E-state index contributed by atoms with van der Waals surface area (Å²) in [5, 5.41) is 3.29. The van der Waals surface area contributed by atoms with Gasteiger partial charge in [-0.25, -0.2) is 8.78 Å². The first-order valence-electron chi connectivity index (χ1n) is 6.09. The smallest absolute Gasteiger partial charge is 0.124 e. The molecule has 0 heterocycles. The highest BCUT2D eigenvalue weighted by molar-refractivity contribution is 9.10.